The molecule has 2 heterocycles. The first kappa shape index (κ1) is 16.7. The topological polar surface area (TPSA) is 56.9 Å². The van der Waals surface area contributed by atoms with Crippen molar-refractivity contribution in [3.8, 4) is 0 Å². The fourth-order valence-corrected chi connectivity index (χ4v) is 3.50. The Morgan fingerprint density at radius 3 is 2.33 bits per heavy atom. The Bertz CT molecular complexity index is 654. The van der Waals surface area contributed by atoms with Crippen LogP contribution in [0.3, 0.4) is 0 Å². The number of carboxylic acids is 1. The first-order valence-electron chi connectivity index (χ1n) is 8.35. The molecule has 2 aromatic rings. The molecule has 128 valence electrons. The summed E-state index contributed by atoms with van der Waals surface area (Å²) in [6.45, 7) is 8.18. The van der Waals surface area contributed by atoms with Crippen molar-refractivity contribution in [2.45, 2.75) is 39.0 Å². The normalized spacial score (nSPS) is 22.6. The first-order valence-corrected chi connectivity index (χ1v) is 8.35. The minimum absolute atomic E-state index is 0.337. The number of carbonyl (C=O) groups is 1. The smallest absolute Gasteiger partial charge is 0.335 e. The molecule has 0 spiro atoms. The number of rotatable bonds is 5. The van der Waals surface area contributed by atoms with Gasteiger partial charge >= 0.3 is 5.97 Å². The summed E-state index contributed by atoms with van der Waals surface area (Å²) in [6, 6.07) is 12.0. The third-order valence-corrected chi connectivity index (χ3v) is 4.70. The van der Waals surface area contributed by atoms with Gasteiger partial charge in [0, 0.05) is 31.7 Å². The van der Waals surface area contributed by atoms with Crippen LogP contribution in [0.25, 0.3) is 0 Å². The van der Waals surface area contributed by atoms with Crippen LogP contribution in [0.2, 0.25) is 0 Å². The Hall–Kier alpha value is -2.11. The van der Waals surface area contributed by atoms with Gasteiger partial charge in [0.15, 0.2) is 0 Å². The van der Waals surface area contributed by atoms with Gasteiger partial charge in [0.05, 0.1) is 18.4 Å². The number of aromatic carboxylic acids is 1. The molecule has 1 aromatic heterocycles. The van der Waals surface area contributed by atoms with Crippen molar-refractivity contribution in [1.82, 2.24) is 9.80 Å². The molecule has 5 heteroatoms. The van der Waals surface area contributed by atoms with Gasteiger partial charge < -0.3 is 9.52 Å². The van der Waals surface area contributed by atoms with Crippen molar-refractivity contribution in [2.75, 3.05) is 13.1 Å². The van der Waals surface area contributed by atoms with Gasteiger partial charge in [-0.15, -0.1) is 0 Å². The van der Waals surface area contributed by atoms with E-state index in [2.05, 4.69) is 23.6 Å². The highest BCUT2D eigenvalue weighted by molar-refractivity contribution is 5.87. The van der Waals surface area contributed by atoms with Crippen LogP contribution >= 0.6 is 0 Å². The molecule has 1 aliphatic heterocycles. The van der Waals surface area contributed by atoms with Crippen LogP contribution in [0.15, 0.2) is 47.1 Å². The molecule has 1 N–H and O–H groups in total. The van der Waals surface area contributed by atoms with Crippen molar-refractivity contribution in [2.24, 2.45) is 0 Å². The standard InChI is InChI=1S/C19H24N2O3/c1-14-10-20(12-16-5-7-17(8-6-16)19(22)23)11-15(2)21(14)13-18-4-3-9-24-18/h3-9,14-15H,10-13H2,1-2H3,(H,22,23)/t14-,15+. The van der Waals surface area contributed by atoms with Crippen LogP contribution in [0, 0.1) is 0 Å². The zero-order valence-corrected chi connectivity index (χ0v) is 14.2. The second-order valence-corrected chi connectivity index (χ2v) is 6.65. The van der Waals surface area contributed by atoms with Crippen molar-refractivity contribution in [3.05, 3.63) is 59.5 Å². The minimum Gasteiger partial charge on any atom is -0.478 e. The lowest BCUT2D eigenvalue weighted by molar-refractivity contribution is 0.0246. The molecule has 0 bridgehead atoms. The lowest BCUT2D eigenvalue weighted by Crippen LogP contribution is -2.55. The molecule has 1 saturated heterocycles. The Labute approximate surface area is 142 Å². The minimum atomic E-state index is -0.879. The average Bonchev–Trinajstić information content (AvgIpc) is 3.04. The molecule has 1 aromatic carbocycles. The fraction of sp³-hybridized carbons (Fsp3) is 0.421. The number of piperazine rings is 1. The number of hydrogen-bond donors (Lipinski definition) is 1. The van der Waals surface area contributed by atoms with Gasteiger partial charge in [0.1, 0.15) is 5.76 Å². The number of carboxylic acid groups (broad SMARTS) is 1. The van der Waals surface area contributed by atoms with Crippen LogP contribution in [-0.4, -0.2) is 46.0 Å². The van der Waals surface area contributed by atoms with Gasteiger partial charge in [0.25, 0.3) is 0 Å². The van der Waals surface area contributed by atoms with Crippen LogP contribution in [-0.2, 0) is 13.1 Å². The molecule has 0 radical (unpaired) electrons. The van der Waals surface area contributed by atoms with Crippen LogP contribution < -0.4 is 0 Å². The molecule has 0 saturated carbocycles. The van der Waals surface area contributed by atoms with Crippen LogP contribution in [0.1, 0.15) is 35.5 Å². The van der Waals surface area contributed by atoms with E-state index < -0.39 is 5.97 Å². The third-order valence-electron chi connectivity index (χ3n) is 4.70. The Morgan fingerprint density at radius 1 is 1.12 bits per heavy atom. The van der Waals surface area contributed by atoms with E-state index in [0.29, 0.717) is 17.6 Å². The van der Waals surface area contributed by atoms with Crippen LogP contribution in [0.5, 0.6) is 0 Å². The highest BCUT2D eigenvalue weighted by atomic mass is 16.4. The van der Waals surface area contributed by atoms with Crippen molar-refractivity contribution in [3.63, 3.8) is 0 Å². The van der Waals surface area contributed by atoms with E-state index in [1.165, 1.54) is 0 Å². The largest absolute Gasteiger partial charge is 0.478 e. The number of nitrogens with zero attached hydrogens (tertiary/aromatic N) is 2. The maximum absolute atomic E-state index is 10.9. The first-order chi connectivity index (χ1) is 11.5. The van der Waals surface area contributed by atoms with E-state index in [4.69, 9.17) is 9.52 Å². The van der Waals surface area contributed by atoms with Crippen molar-refractivity contribution < 1.29 is 14.3 Å². The summed E-state index contributed by atoms with van der Waals surface area (Å²) in [5.74, 6) is 0.127. The van der Waals surface area contributed by atoms with Gasteiger partial charge in [-0.1, -0.05) is 12.1 Å². The highest BCUT2D eigenvalue weighted by Gasteiger charge is 2.29. The maximum Gasteiger partial charge on any atom is 0.335 e. The number of hydrogen-bond acceptors (Lipinski definition) is 4. The zero-order valence-electron chi connectivity index (χ0n) is 14.2. The fourth-order valence-electron chi connectivity index (χ4n) is 3.50. The molecule has 5 nitrogen and oxygen atoms in total. The average molecular weight is 328 g/mol. The summed E-state index contributed by atoms with van der Waals surface area (Å²) in [6.07, 6.45) is 1.72. The summed E-state index contributed by atoms with van der Waals surface area (Å²) in [5, 5.41) is 8.98. The lowest BCUT2D eigenvalue weighted by atomic mass is 10.1. The van der Waals surface area contributed by atoms with E-state index in [1.54, 1.807) is 18.4 Å². The third kappa shape index (κ3) is 3.86. The predicted molar refractivity (Wildman–Crippen MR) is 91.9 cm³/mol. The SMILES string of the molecule is C[C@@H]1CN(Cc2ccc(C(=O)O)cc2)C[C@H](C)N1Cc1ccco1. The molecule has 0 unspecified atom stereocenters. The van der Waals surface area contributed by atoms with Gasteiger partial charge in [-0.25, -0.2) is 4.79 Å². The second kappa shape index (κ2) is 7.20. The molecular formula is C19H24N2O3. The lowest BCUT2D eigenvalue weighted by Gasteiger charge is -2.44. The van der Waals surface area contributed by atoms with Gasteiger partial charge in [-0.05, 0) is 43.7 Å². The van der Waals surface area contributed by atoms with Crippen molar-refractivity contribution >= 4 is 5.97 Å². The molecular weight excluding hydrogens is 304 g/mol. The zero-order chi connectivity index (χ0) is 17.1. The summed E-state index contributed by atoms with van der Waals surface area (Å²) in [4.78, 5) is 15.8. The Kier molecular flexibility index (Phi) is 5.02. The van der Waals surface area contributed by atoms with Gasteiger partial charge in [-0.3, -0.25) is 9.80 Å². The van der Waals surface area contributed by atoms with E-state index in [9.17, 15) is 4.79 Å². The monoisotopic (exact) mass is 328 g/mol. The van der Waals surface area contributed by atoms with E-state index in [0.717, 1.165) is 37.5 Å². The molecule has 0 aliphatic carbocycles. The van der Waals surface area contributed by atoms with Gasteiger partial charge in [-0.2, -0.15) is 0 Å². The number of furan rings is 1. The quantitative estimate of drug-likeness (QED) is 0.914. The van der Waals surface area contributed by atoms with Crippen LogP contribution in [0.4, 0.5) is 0 Å². The van der Waals surface area contributed by atoms with Crippen molar-refractivity contribution in [1.29, 1.82) is 0 Å². The van der Waals surface area contributed by atoms with E-state index in [1.807, 2.05) is 24.3 Å². The summed E-state index contributed by atoms with van der Waals surface area (Å²) < 4.78 is 5.48. The number of benzene rings is 1. The molecule has 0 amide bonds. The molecule has 2 atom stereocenters. The molecule has 3 rings (SSSR count). The van der Waals surface area contributed by atoms with Gasteiger partial charge in [0.2, 0.25) is 0 Å². The highest BCUT2D eigenvalue weighted by Crippen LogP contribution is 2.21. The predicted octanol–water partition coefficient (Wildman–Crippen LogP) is 3.07. The molecule has 1 fully saturated rings. The Morgan fingerprint density at radius 2 is 1.79 bits per heavy atom. The summed E-state index contributed by atoms with van der Waals surface area (Å²) in [5.41, 5.74) is 1.49. The Balaban J connectivity index is 1.60. The van der Waals surface area contributed by atoms with E-state index in [-0.39, 0.29) is 0 Å². The van der Waals surface area contributed by atoms with E-state index >= 15 is 0 Å². The molecule has 1 aliphatic rings. The summed E-state index contributed by atoms with van der Waals surface area (Å²) in [7, 11) is 0. The molecule has 24 heavy (non-hydrogen) atoms. The summed E-state index contributed by atoms with van der Waals surface area (Å²) >= 11 is 0. The second-order valence-electron chi connectivity index (χ2n) is 6.65. The maximum atomic E-state index is 10.9.